The molecule has 3 aromatic rings. The van der Waals surface area contributed by atoms with E-state index in [2.05, 4.69) is 21.6 Å². The molecule has 4 rings (SSSR count). The summed E-state index contributed by atoms with van der Waals surface area (Å²) in [6, 6.07) is 22.2. The molecule has 0 atom stereocenters. The minimum Gasteiger partial charge on any atom is -0.495 e. The first-order valence-electron chi connectivity index (χ1n) is 9.95. The van der Waals surface area contributed by atoms with E-state index in [0.717, 1.165) is 18.0 Å². The number of rotatable bonds is 6. The Morgan fingerprint density at radius 2 is 1.71 bits per heavy atom. The van der Waals surface area contributed by atoms with Gasteiger partial charge in [0, 0.05) is 28.4 Å². The first-order chi connectivity index (χ1) is 15.1. The first-order valence-corrected chi connectivity index (χ1v) is 10.9. The zero-order valence-corrected chi connectivity index (χ0v) is 17.9. The van der Waals surface area contributed by atoms with Gasteiger partial charge in [0.25, 0.3) is 5.91 Å². The lowest BCUT2D eigenvalue weighted by atomic mass is 10.2. The highest BCUT2D eigenvalue weighted by Crippen LogP contribution is 2.34. The van der Waals surface area contributed by atoms with Crippen LogP contribution in [0.1, 0.15) is 10.4 Å². The number of thioether (sulfide) groups is 1. The zero-order chi connectivity index (χ0) is 21.6. The Balaban J connectivity index is 1.36. The van der Waals surface area contributed by atoms with E-state index in [9.17, 15) is 9.59 Å². The highest BCUT2D eigenvalue weighted by molar-refractivity contribution is 7.99. The molecule has 2 N–H and O–H groups in total. The molecule has 1 heterocycles. The van der Waals surface area contributed by atoms with Crippen LogP contribution in [0.2, 0.25) is 0 Å². The lowest BCUT2D eigenvalue weighted by Crippen LogP contribution is -2.36. The molecule has 2 amide bonds. The lowest BCUT2D eigenvalue weighted by molar-refractivity contribution is -0.115. The molecule has 6 nitrogen and oxygen atoms in total. The molecule has 0 radical (unpaired) electrons. The van der Waals surface area contributed by atoms with E-state index in [0.29, 0.717) is 22.7 Å². The number of carbonyl (C=O) groups is 2. The number of methoxy groups -OCH3 is 1. The number of para-hydroxylation sites is 3. The van der Waals surface area contributed by atoms with Gasteiger partial charge in [0.2, 0.25) is 5.91 Å². The molecule has 0 spiro atoms. The summed E-state index contributed by atoms with van der Waals surface area (Å²) in [6.45, 7) is 1.12. The molecule has 3 aromatic carbocycles. The lowest BCUT2D eigenvalue weighted by Gasteiger charge is -2.30. The molecule has 0 fully saturated rings. The molecule has 0 aromatic heterocycles. The molecule has 158 valence electrons. The minimum atomic E-state index is -0.246. The molecular formula is C24H23N3O3S. The molecule has 0 aliphatic carbocycles. The van der Waals surface area contributed by atoms with E-state index in [4.69, 9.17) is 4.74 Å². The minimum absolute atomic E-state index is 0.0899. The average molecular weight is 434 g/mol. The van der Waals surface area contributed by atoms with Gasteiger partial charge in [0.1, 0.15) is 5.75 Å². The molecule has 1 aliphatic rings. The third-order valence-electron chi connectivity index (χ3n) is 4.95. The quantitative estimate of drug-likeness (QED) is 0.599. The summed E-state index contributed by atoms with van der Waals surface area (Å²) in [5, 5.41) is 5.76. The maximum absolute atomic E-state index is 12.6. The summed E-state index contributed by atoms with van der Waals surface area (Å²) in [5.41, 5.74) is 2.84. The van der Waals surface area contributed by atoms with Crippen LogP contribution in [0.4, 0.5) is 17.1 Å². The Bertz CT molecular complexity index is 1090. The van der Waals surface area contributed by atoms with E-state index in [1.165, 1.54) is 4.90 Å². The molecule has 0 unspecified atom stereocenters. The van der Waals surface area contributed by atoms with Crippen LogP contribution >= 0.6 is 11.8 Å². The van der Waals surface area contributed by atoms with Crippen LogP contribution in [0, 0.1) is 0 Å². The number of hydrogen-bond acceptors (Lipinski definition) is 5. The summed E-state index contributed by atoms with van der Waals surface area (Å²) in [4.78, 5) is 28.4. The summed E-state index contributed by atoms with van der Waals surface area (Å²) < 4.78 is 5.26. The van der Waals surface area contributed by atoms with Gasteiger partial charge in [-0.1, -0.05) is 24.3 Å². The van der Waals surface area contributed by atoms with Gasteiger partial charge in [-0.2, -0.15) is 0 Å². The third kappa shape index (κ3) is 5.00. The van der Waals surface area contributed by atoms with Crippen molar-refractivity contribution in [3.8, 4) is 5.75 Å². The van der Waals surface area contributed by atoms with E-state index >= 15 is 0 Å². The number of amides is 2. The van der Waals surface area contributed by atoms with Gasteiger partial charge in [0.15, 0.2) is 0 Å². The normalized spacial score (nSPS) is 12.6. The smallest absolute Gasteiger partial charge is 0.255 e. The van der Waals surface area contributed by atoms with Gasteiger partial charge in [-0.05, 0) is 48.5 Å². The SMILES string of the molecule is COc1ccccc1NC(=O)c1ccc(NC(=O)CN2CCSc3ccccc32)cc1. The second-order valence-electron chi connectivity index (χ2n) is 7.02. The molecule has 31 heavy (non-hydrogen) atoms. The summed E-state index contributed by atoms with van der Waals surface area (Å²) in [7, 11) is 1.56. The Kier molecular flexibility index (Phi) is 6.43. The second-order valence-corrected chi connectivity index (χ2v) is 8.15. The van der Waals surface area contributed by atoms with Crippen molar-refractivity contribution in [1.29, 1.82) is 0 Å². The summed E-state index contributed by atoms with van der Waals surface area (Å²) in [6.07, 6.45) is 0. The van der Waals surface area contributed by atoms with Crippen LogP contribution in [-0.4, -0.2) is 37.8 Å². The number of nitrogens with one attached hydrogen (secondary N) is 2. The van der Waals surface area contributed by atoms with Crippen molar-refractivity contribution in [2.45, 2.75) is 4.90 Å². The van der Waals surface area contributed by atoms with Crippen molar-refractivity contribution in [3.63, 3.8) is 0 Å². The fraction of sp³-hybridized carbons (Fsp3) is 0.167. The molecule has 1 aliphatic heterocycles. The van der Waals surface area contributed by atoms with Crippen LogP contribution in [-0.2, 0) is 4.79 Å². The molecule has 0 bridgehead atoms. The number of carbonyl (C=O) groups excluding carboxylic acids is 2. The maximum atomic E-state index is 12.6. The topological polar surface area (TPSA) is 70.7 Å². The Hall–Kier alpha value is -3.45. The molecule has 0 saturated carbocycles. The van der Waals surface area contributed by atoms with Crippen molar-refractivity contribution in [2.24, 2.45) is 0 Å². The summed E-state index contributed by atoms with van der Waals surface area (Å²) >= 11 is 1.81. The zero-order valence-electron chi connectivity index (χ0n) is 17.1. The number of anilines is 3. The monoisotopic (exact) mass is 433 g/mol. The first kappa shape index (κ1) is 20.8. The fourth-order valence-electron chi connectivity index (χ4n) is 3.41. The largest absolute Gasteiger partial charge is 0.495 e. The van der Waals surface area contributed by atoms with Crippen molar-refractivity contribution in [3.05, 3.63) is 78.4 Å². The van der Waals surface area contributed by atoms with Crippen LogP contribution in [0.15, 0.2) is 77.7 Å². The number of fused-ring (bicyclic) bond motifs is 1. The average Bonchev–Trinajstić information content (AvgIpc) is 2.80. The van der Waals surface area contributed by atoms with E-state index in [1.807, 2.05) is 42.1 Å². The highest BCUT2D eigenvalue weighted by Gasteiger charge is 2.19. The van der Waals surface area contributed by atoms with E-state index < -0.39 is 0 Å². The summed E-state index contributed by atoms with van der Waals surface area (Å²) in [5.74, 6) is 1.22. The molecule has 0 saturated heterocycles. The predicted octanol–water partition coefficient (Wildman–Crippen LogP) is 4.50. The van der Waals surface area contributed by atoms with Gasteiger partial charge in [0.05, 0.1) is 25.0 Å². The Morgan fingerprint density at radius 3 is 2.52 bits per heavy atom. The van der Waals surface area contributed by atoms with Gasteiger partial charge in [-0.15, -0.1) is 11.8 Å². The van der Waals surface area contributed by atoms with Crippen LogP contribution < -0.4 is 20.3 Å². The van der Waals surface area contributed by atoms with Crippen molar-refractivity contribution in [1.82, 2.24) is 0 Å². The van der Waals surface area contributed by atoms with E-state index in [-0.39, 0.29) is 18.4 Å². The third-order valence-corrected chi connectivity index (χ3v) is 5.99. The van der Waals surface area contributed by atoms with Crippen LogP contribution in [0.5, 0.6) is 5.75 Å². The number of benzene rings is 3. The van der Waals surface area contributed by atoms with Crippen LogP contribution in [0.25, 0.3) is 0 Å². The van der Waals surface area contributed by atoms with Crippen molar-refractivity contribution in [2.75, 3.05) is 41.5 Å². The fourth-order valence-corrected chi connectivity index (χ4v) is 4.46. The Morgan fingerprint density at radius 1 is 0.968 bits per heavy atom. The Labute approximate surface area is 185 Å². The number of nitrogens with zero attached hydrogens (tertiary/aromatic N) is 1. The molecular weight excluding hydrogens is 410 g/mol. The van der Waals surface area contributed by atoms with Gasteiger partial charge < -0.3 is 20.3 Å². The molecule has 7 heteroatoms. The maximum Gasteiger partial charge on any atom is 0.255 e. The number of hydrogen-bond donors (Lipinski definition) is 2. The van der Waals surface area contributed by atoms with E-state index in [1.54, 1.807) is 43.5 Å². The van der Waals surface area contributed by atoms with Gasteiger partial charge in [-0.3, -0.25) is 9.59 Å². The standard InChI is InChI=1S/C24H23N3O3S/c1-30-21-8-4-2-6-19(21)26-24(29)17-10-12-18(13-11-17)25-23(28)16-27-14-15-31-22-9-5-3-7-20(22)27/h2-13H,14-16H2,1H3,(H,25,28)(H,26,29). The van der Waals surface area contributed by atoms with Gasteiger partial charge >= 0.3 is 0 Å². The van der Waals surface area contributed by atoms with Gasteiger partial charge in [-0.25, -0.2) is 0 Å². The van der Waals surface area contributed by atoms with Crippen molar-refractivity contribution >= 4 is 40.6 Å². The highest BCUT2D eigenvalue weighted by atomic mass is 32.2. The van der Waals surface area contributed by atoms with Crippen LogP contribution in [0.3, 0.4) is 0 Å². The predicted molar refractivity (Wildman–Crippen MR) is 125 cm³/mol. The second kappa shape index (κ2) is 9.57. The van der Waals surface area contributed by atoms with Crippen molar-refractivity contribution < 1.29 is 14.3 Å². The number of ether oxygens (including phenoxy) is 1.